The van der Waals surface area contributed by atoms with Crippen LogP contribution in [0.25, 0.3) is 0 Å². The molecule has 2 atom stereocenters. The van der Waals surface area contributed by atoms with Gasteiger partial charge < -0.3 is 10.1 Å². The van der Waals surface area contributed by atoms with Gasteiger partial charge in [-0.3, -0.25) is 0 Å². The van der Waals surface area contributed by atoms with Crippen LogP contribution in [0.4, 0.5) is 0 Å². The van der Waals surface area contributed by atoms with Gasteiger partial charge >= 0.3 is 0 Å². The molecule has 0 aromatic heterocycles. The van der Waals surface area contributed by atoms with E-state index >= 15 is 0 Å². The number of hydrogen-bond acceptors (Lipinski definition) is 2. The Hall–Kier alpha value is -0.0800. The zero-order valence-corrected chi connectivity index (χ0v) is 14.5. The van der Waals surface area contributed by atoms with Crippen LogP contribution in [0.3, 0.4) is 0 Å². The molecule has 0 aromatic carbocycles. The quantitative estimate of drug-likeness (QED) is 0.419. The summed E-state index contributed by atoms with van der Waals surface area (Å²) in [5, 5.41) is 3.48. The number of nitrogens with one attached hydrogen (secondary N) is 1. The lowest BCUT2D eigenvalue weighted by atomic mass is 9.93. The summed E-state index contributed by atoms with van der Waals surface area (Å²) in [4.78, 5) is 0. The normalized spacial score (nSPS) is 14.4. The molecule has 0 aliphatic heterocycles. The standard InChI is InChI=1S/C18H39NO/c1-5-6-7-8-9-10-11-12-13-14-18(19-3)17(2)15-16-20-4/h17-19H,5-16H2,1-4H3. The zero-order chi connectivity index (χ0) is 15.1. The molecule has 0 aliphatic rings. The molecule has 0 aliphatic carbocycles. The van der Waals surface area contributed by atoms with Gasteiger partial charge in [0.1, 0.15) is 0 Å². The van der Waals surface area contributed by atoms with E-state index in [4.69, 9.17) is 4.74 Å². The van der Waals surface area contributed by atoms with E-state index in [-0.39, 0.29) is 0 Å². The first kappa shape index (κ1) is 19.9. The van der Waals surface area contributed by atoms with Crippen LogP contribution >= 0.6 is 0 Å². The maximum atomic E-state index is 5.18. The molecule has 2 heteroatoms. The van der Waals surface area contributed by atoms with Crippen molar-refractivity contribution in [2.75, 3.05) is 20.8 Å². The van der Waals surface area contributed by atoms with Crippen molar-refractivity contribution < 1.29 is 4.74 Å². The Bertz CT molecular complexity index is 184. The highest BCUT2D eigenvalue weighted by atomic mass is 16.5. The van der Waals surface area contributed by atoms with Crippen molar-refractivity contribution in [3.63, 3.8) is 0 Å². The molecule has 2 nitrogen and oxygen atoms in total. The fourth-order valence-electron chi connectivity index (χ4n) is 2.89. The Balaban J connectivity index is 3.41. The summed E-state index contributed by atoms with van der Waals surface area (Å²) in [6.07, 6.45) is 15.2. The summed E-state index contributed by atoms with van der Waals surface area (Å²) < 4.78 is 5.18. The molecule has 0 saturated heterocycles. The number of rotatable bonds is 15. The van der Waals surface area contributed by atoms with Gasteiger partial charge in [0.15, 0.2) is 0 Å². The fourth-order valence-corrected chi connectivity index (χ4v) is 2.89. The molecule has 0 amide bonds. The molecular formula is C18H39NO. The number of hydrogen-bond donors (Lipinski definition) is 1. The van der Waals surface area contributed by atoms with Crippen LogP contribution in [0.2, 0.25) is 0 Å². The van der Waals surface area contributed by atoms with E-state index in [0.29, 0.717) is 12.0 Å². The molecule has 0 bridgehead atoms. The van der Waals surface area contributed by atoms with Crippen molar-refractivity contribution >= 4 is 0 Å². The van der Waals surface area contributed by atoms with E-state index in [2.05, 4.69) is 26.2 Å². The minimum Gasteiger partial charge on any atom is -0.385 e. The van der Waals surface area contributed by atoms with Crippen molar-refractivity contribution in [2.45, 2.75) is 90.5 Å². The van der Waals surface area contributed by atoms with E-state index in [1.807, 2.05) is 0 Å². The Labute approximate surface area is 128 Å². The molecule has 122 valence electrons. The summed E-state index contributed by atoms with van der Waals surface area (Å²) in [5.74, 6) is 0.717. The van der Waals surface area contributed by atoms with Crippen molar-refractivity contribution in [2.24, 2.45) is 5.92 Å². The molecule has 0 rings (SSSR count). The number of methoxy groups -OCH3 is 1. The van der Waals surface area contributed by atoms with Crippen molar-refractivity contribution in [3.05, 3.63) is 0 Å². The molecule has 0 fully saturated rings. The van der Waals surface area contributed by atoms with Crippen molar-refractivity contribution in [3.8, 4) is 0 Å². The molecule has 2 unspecified atom stereocenters. The third kappa shape index (κ3) is 11.7. The lowest BCUT2D eigenvalue weighted by Gasteiger charge is -2.23. The van der Waals surface area contributed by atoms with Gasteiger partial charge in [0.2, 0.25) is 0 Å². The average Bonchev–Trinajstić information content (AvgIpc) is 2.47. The predicted molar refractivity (Wildman–Crippen MR) is 90.3 cm³/mol. The lowest BCUT2D eigenvalue weighted by Crippen LogP contribution is -2.32. The van der Waals surface area contributed by atoms with Gasteiger partial charge in [0.25, 0.3) is 0 Å². The van der Waals surface area contributed by atoms with E-state index in [9.17, 15) is 0 Å². The summed E-state index contributed by atoms with van der Waals surface area (Å²) in [6.45, 7) is 5.51. The van der Waals surface area contributed by atoms with Gasteiger partial charge in [-0.1, -0.05) is 71.6 Å². The number of ether oxygens (including phenoxy) is 1. The van der Waals surface area contributed by atoms with Crippen molar-refractivity contribution in [1.29, 1.82) is 0 Å². The van der Waals surface area contributed by atoms with Crippen LogP contribution in [0.5, 0.6) is 0 Å². The first-order valence-electron chi connectivity index (χ1n) is 8.92. The van der Waals surface area contributed by atoms with Gasteiger partial charge in [-0.2, -0.15) is 0 Å². The average molecular weight is 286 g/mol. The minimum atomic E-state index is 0.662. The Morgan fingerprint density at radius 3 is 1.90 bits per heavy atom. The third-order valence-electron chi connectivity index (χ3n) is 4.45. The molecule has 1 N–H and O–H groups in total. The van der Waals surface area contributed by atoms with E-state index in [1.54, 1.807) is 7.11 Å². The Morgan fingerprint density at radius 2 is 1.40 bits per heavy atom. The van der Waals surface area contributed by atoms with Crippen LogP contribution in [0.15, 0.2) is 0 Å². The molecule has 0 aromatic rings. The second kappa shape index (κ2) is 15.3. The van der Waals surface area contributed by atoms with Crippen molar-refractivity contribution in [1.82, 2.24) is 5.32 Å². The smallest absolute Gasteiger partial charge is 0.0465 e. The van der Waals surface area contributed by atoms with E-state index in [1.165, 1.54) is 70.6 Å². The molecule has 0 radical (unpaired) electrons. The predicted octanol–water partition coefficient (Wildman–Crippen LogP) is 5.17. The number of unbranched alkanes of at least 4 members (excludes halogenated alkanes) is 8. The highest BCUT2D eigenvalue weighted by Crippen LogP contribution is 2.16. The topological polar surface area (TPSA) is 21.3 Å². The molecule has 0 heterocycles. The summed E-state index contributed by atoms with van der Waals surface area (Å²) in [6, 6.07) is 0.662. The summed E-state index contributed by atoms with van der Waals surface area (Å²) in [5.41, 5.74) is 0. The Kier molecular flexibility index (Phi) is 15.3. The second-order valence-electron chi connectivity index (χ2n) is 6.27. The van der Waals surface area contributed by atoms with Gasteiger partial charge in [0, 0.05) is 19.8 Å². The fraction of sp³-hybridized carbons (Fsp3) is 1.00. The van der Waals surface area contributed by atoms with Crippen LogP contribution in [-0.2, 0) is 4.74 Å². The maximum absolute atomic E-state index is 5.18. The zero-order valence-electron chi connectivity index (χ0n) is 14.5. The highest BCUT2D eigenvalue weighted by Gasteiger charge is 2.14. The molecule has 0 saturated carbocycles. The second-order valence-corrected chi connectivity index (χ2v) is 6.27. The highest BCUT2D eigenvalue weighted by molar-refractivity contribution is 4.71. The lowest BCUT2D eigenvalue weighted by molar-refractivity contribution is 0.169. The van der Waals surface area contributed by atoms with Gasteiger partial charge in [-0.05, 0) is 25.8 Å². The monoisotopic (exact) mass is 285 g/mol. The van der Waals surface area contributed by atoms with E-state index < -0.39 is 0 Å². The molecular weight excluding hydrogens is 246 g/mol. The van der Waals surface area contributed by atoms with Crippen LogP contribution in [-0.4, -0.2) is 26.8 Å². The van der Waals surface area contributed by atoms with Gasteiger partial charge in [-0.25, -0.2) is 0 Å². The first-order valence-corrected chi connectivity index (χ1v) is 8.92. The summed E-state index contributed by atoms with van der Waals surface area (Å²) in [7, 11) is 3.89. The molecule has 0 spiro atoms. The van der Waals surface area contributed by atoms with Gasteiger partial charge in [0.05, 0.1) is 0 Å². The van der Waals surface area contributed by atoms with Crippen LogP contribution < -0.4 is 5.32 Å². The van der Waals surface area contributed by atoms with Gasteiger partial charge in [-0.15, -0.1) is 0 Å². The molecule has 20 heavy (non-hydrogen) atoms. The van der Waals surface area contributed by atoms with Crippen LogP contribution in [0, 0.1) is 5.92 Å². The first-order chi connectivity index (χ1) is 9.76. The van der Waals surface area contributed by atoms with E-state index in [0.717, 1.165) is 6.61 Å². The summed E-state index contributed by atoms with van der Waals surface area (Å²) >= 11 is 0. The minimum absolute atomic E-state index is 0.662. The Morgan fingerprint density at radius 1 is 0.850 bits per heavy atom. The maximum Gasteiger partial charge on any atom is 0.0465 e. The SMILES string of the molecule is CCCCCCCCCCCC(NC)C(C)CCOC. The van der Waals surface area contributed by atoms with Crippen LogP contribution in [0.1, 0.15) is 84.5 Å². The largest absolute Gasteiger partial charge is 0.385 e. The third-order valence-corrected chi connectivity index (χ3v) is 4.45.